The first kappa shape index (κ1) is 23.4. The summed E-state index contributed by atoms with van der Waals surface area (Å²) in [5, 5.41) is 3.32. The van der Waals surface area contributed by atoms with E-state index in [2.05, 4.69) is 5.32 Å². The molecule has 0 saturated carbocycles. The number of hydrogen-bond donors (Lipinski definition) is 1. The van der Waals surface area contributed by atoms with E-state index in [-0.39, 0.29) is 28.8 Å². The second-order valence-corrected chi connectivity index (χ2v) is 7.55. The number of para-hydroxylation sites is 1. The van der Waals surface area contributed by atoms with Crippen molar-refractivity contribution in [3.63, 3.8) is 0 Å². The predicted molar refractivity (Wildman–Crippen MR) is 123 cm³/mol. The second-order valence-electron chi connectivity index (χ2n) is 6.73. The highest BCUT2D eigenvalue weighted by molar-refractivity contribution is 6.39. The van der Waals surface area contributed by atoms with Crippen molar-refractivity contribution in [3.8, 4) is 5.75 Å². The molecule has 0 aliphatic heterocycles. The number of carbonyl (C=O) groups is 2. The SMILES string of the molecule is COc1cccc(COC(=O)C(Nc2c(Cl)cccc2Cl)OC(=O)Cc2ccccc2)c1. The lowest BCUT2D eigenvalue weighted by Crippen LogP contribution is -2.36. The summed E-state index contributed by atoms with van der Waals surface area (Å²) in [6.45, 7) is -0.0410. The molecule has 1 unspecified atom stereocenters. The van der Waals surface area contributed by atoms with E-state index >= 15 is 0 Å². The lowest BCUT2D eigenvalue weighted by atomic mass is 10.2. The molecule has 6 nitrogen and oxygen atoms in total. The minimum atomic E-state index is -1.45. The Bertz CT molecular complexity index is 1050. The fourth-order valence-corrected chi connectivity index (χ4v) is 3.34. The molecule has 166 valence electrons. The van der Waals surface area contributed by atoms with E-state index < -0.39 is 18.2 Å². The smallest absolute Gasteiger partial charge is 0.369 e. The fraction of sp³-hybridized carbons (Fsp3) is 0.167. The first-order chi connectivity index (χ1) is 15.5. The van der Waals surface area contributed by atoms with Crippen molar-refractivity contribution < 1.29 is 23.8 Å². The number of benzene rings is 3. The van der Waals surface area contributed by atoms with Gasteiger partial charge in [0.2, 0.25) is 0 Å². The molecule has 0 saturated heterocycles. The van der Waals surface area contributed by atoms with Crippen molar-refractivity contribution in [1.82, 2.24) is 0 Å². The zero-order chi connectivity index (χ0) is 22.9. The molecule has 3 rings (SSSR count). The Hall–Kier alpha value is -3.22. The van der Waals surface area contributed by atoms with E-state index in [1.165, 1.54) is 0 Å². The van der Waals surface area contributed by atoms with E-state index in [1.807, 2.05) is 18.2 Å². The van der Waals surface area contributed by atoms with E-state index in [0.717, 1.165) is 5.56 Å². The van der Waals surface area contributed by atoms with Gasteiger partial charge in [-0.05, 0) is 35.4 Å². The van der Waals surface area contributed by atoms with Gasteiger partial charge in [0.05, 0.1) is 29.3 Å². The molecule has 0 aliphatic carbocycles. The van der Waals surface area contributed by atoms with Crippen LogP contribution in [0.25, 0.3) is 0 Å². The number of nitrogens with one attached hydrogen (secondary N) is 1. The van der Waals surface area contributed by atoms with Gasteiger partial charge >= 0.3 is 11.9 Å². The highest BCUT2D eigenvalue weighted by atomic mass is 35.5. The quantitative estimate of drug-likeness (QED) is 0.337. The van der Waals surface area contributed by atoms with Crippen LogP contribution < -0.4 is 10.1 Å². The van der Waals surface area contributed by atoms with Crippen LogP contribution in [0.2, 0.25) is 10.0 Å². The van der Waals surface area contributed by atoms with E-state index in [1.54, 1.807) is 61.7 Å². The zero-order valence-electron chi connectivity index (χ0n) is 17.2. The van der Waals surface area contributed by atoms with Gasteiger partial charge in [-0.3, -0.25) is 4.79 Å². The molecule has 0 heterocycles. The van der Waals surface area contributed by atoms with Crippen LogP contribution in [-0.2, 0) is 32.1 Å². The molecule has 3 aromatic carbocycles. The summed E-state index contributed by atoms with van der Waals surface area (Å²) in [7, 11) is 1.55. The molecule has 3 aromatic rings. The normalized spacial score (nSPS) is 11.3. The third-order valence-electron chi connectivity index (χ3n) is 4.41. The van der Waals surface area contributed by atoms with Crippen LogP contribution in [0.3, 0.4) is 0 Å². The Labute approximate surface area is 196 Å². The summed E-state index contributed by atoms with van der Waals surface area (Å²) >= 11 is 12.4. The lowest BCUT2D eigenvalue weighted by molar-refractivity contribution is -0.166. The number of ether oxygens (including phenoxy) is 3. The molecule has 8 heteroatoms. The molecule has 0 aromatic heterocycles. The number of esters is 2. The highest BCUT2D eigenvalue weighted by Crippen LogP contribution is 2.30. The van der Waals surface area contributed by atoms with Crippen LogP contribution in [0, 0.1) is 0 Å². The largest absolute Gasteiger partial charge is 0.497 e. The molecule has 0 aliphatic rings. The zero-order valence-corrected chi connectivity index (χ0v) is 18.7. The molecular formula is C24H21Cl2NO5. The van der Waals surface area contributed by atoms with Gasteiger partial charge in [0.1, 0.15) is 12.4 Å². The third-order valence-corrected chi connectivity index (χ3v) is 5.04. The molecule has 1 atom stereocenters. The average molecular weight is 474 g/mol. The molecular weight excluding hydrogens is 453 g/mol. The van der Waals surface area contributed by atoms with Gasteiger partial charge in [-0.15, -0.1) is 0 Å². The molecule has 0 radical (unpaired) electrons. The summed E-state index contributed by atoms with van der Waals surface area (Å²) in [5.41, 5.74) is 1.71. The van der Waals surface area contributed by atoms with Gasteiger partial charge in [0, 0.05) is 0 Å². The van der Waals surface area contributed by atoms with Crippen molar-refractivity contribution in [3.05, 3.63) is 94.0 Å². The van der Waals surface area contributed by atoms with Gasteiger partial charge in [-0.1, -0.05) is 71.7 Å². The van der Waals surface area contributed by atoms with Crippen LogP contribution in [-0.4, -0.2) is 25.3 Å². The summed E-state index contributed by atoms with van der Waals surface area (Å²) in [6, 6.07) is 21.0. The first-order valence-electron chi connectivity index (χ1n) is 9.70. The van der Waals surface area contributed by atoms with E-state index in [0.29, 0.717) is 11.3 Å². The fourth-order valence-electron chi connectivity index (χ4n) is 2.83. The van der Waals surface area contributed by atoms with Gasteiger partial charge in [-0.2, -0.15) is 0 Å². The number of hydrogen-bond acceptors (Lipinski definition) is 6. The number of anilines is 1. The average Bonchev–Trinajstić information content (AvgIpc) is 2.80. The molecule has 0 spiro atoms. The Kier molecular flexibility index (Phi) is 8.36. The van der Waals surface area contributed by atoms with Crippen LogP contribution in [0.15, 0.2) is 72.8 Å². The van der Waals surface area contributed by atoms with E-state index in [9.17, 15) is 9.59 Å². The Morgan fingerprint density at radius 3 is 2.25 bits per heavy atom. The van der Waals surface area contributed by atoms with Crippen molar-refractivity contribution >= 4 is 40.8 Å². The second kappa shape index (κ2) is 11.4. The Morgan fingerprint density at radius 1 is 0.906 bits per heavy atom. The molecule has 32 heavy (non-hydrogen) atoms. The summed E-state index contributed by atoms with van der Waals surface area (Å²) in [6.07, 6.45) is -1.47. The van der Waals surface area contributed by atoms with Crippen LogP contribution in [0.4, 0.5) is 5.69 Å². The molecule has 0 fully saturated rings. The minimum Gasteiger partial charge on any atom is -0.497 e. The standard InChI is InChI=1S/C24H21Cl2NO5/c1-30-18-10-5-9-17(13-18)15-31-24(29)23(27-22-19(25)11-6-12-20(22)26)32-21(28)14-16-7-3-2-4-8-16/h2-13,23,27H,14-15H2,1H3. The van der Waals surface area contributed by atoms with Crippen molar-refractivity contribution in [2.24, 2.45) is 0 Å². The third kappa shape index (κ3) is 6.64. The predicted octanol–water partition coefficient (Wildman–Crippen LogP) is 5.27. The molecule has 0 bridgehead atoms. The molecule has 0 amide bonds. The summed E-state index contributed by atoms with van der Waals surface area (Å²) in [5.74, 6) is -0.786. The van der Waals surface area contributed by atoms with Gasteiger partial charge in [0.25, 0.3) is 6.23 Å². The van der Waals surface area contributed by atoms with Crippen molar-refractivity contribution in [1.29, 1.82) is 0 Å². The number of rotatable bonds is 9. The maximum Gasteiger partial charge on any atom is 0.369 e. The summed E-state index contributed by atoms with van der Waals surface area (Å²) in [4.78, 5) is 25.3. The number of carbonyl (C=O) groups excluding carboxylic acids is 2. The van der Waals surface area contributed by atoms with Gasteiger partial charge < -0.3 is 19.5 Å². The van der Waals surface area contributed by atoms with Crippen LogP contribution >= 0.6 is 23.2 Å². The van der Waals surface area contributed by atoms with Crippen molar-refractivity contribution in [2.75, 3.05) is 12.4 Å². The van der Waals surface area contributed by atoms with Crippen LogP contribution in [0.5, 0.6) is 5.75 Å². The maximum atomic E-state index is 12.8. The molecule has 1 N–H and O–H groups in total. The Balaban J connectivity index is 1.74. The Morgan fingerprint density at radius 2 is 1.56 bits per heavy atom. The van der Waals surface area contributed by atoms with Gasteiger partial charge in [0.15, 0.2) is 0 Å². The van der Waals surface area contributed by atoms with E-state index in [4.69, 9.17) is 37.4 Å². The lowest BCUT2D eigenvalue weighted by Gasteiger charge is -2.20. The topological polar surface area (TPSA) is 73.9 Å². The monoisotopic (exact) mass is 473 g/mol. The van der Waals surface area contributed by atoms with Gasteiger partial charge in [-0.25, -0.2) is 4.79 Å². The first-order valence-corrected chi connectivity index (χ1v) is 10.5. The number of halogens is 2. The van der Waals surface area contributed by atoms with Crippen LogP contribution in [0.1, 0.15) is 11.1 Å². The minimum absolute atomic E-state index is 0.0154. The van der Waals surface area contributed by atoms with Crippen molar-refractivity contribution in [2.45, 2.75) is 19.3 Å². The number of methoxy groups -OCH3 is 1. The maximum absolute atomic E-state index is 12.8. The summed E-state index contributed by atoms with van der Waals surface area (Å²) < 4.78 is 15.9. The highest BCUT2D eigenvalue weighted by Gasteiger charge is 2.26.